The molecular weight excluding hydrogens is 345 g/mol. The van der Waals surface area contributed by atoms with E-state index >= 15 is 0 Å². The second kappa shape index (κ2) is 5.54. The molecule has 1 aromatic carbocycles. The molecule has 1 aromatic heterocycles. The van der Waals surface area contributed by atoms with Crippen molar-refractivity contribution < 1.29 is 9.67 Å². The molecule has 5 nitrogen and oxygen atoms in total. The maximum Gasteiger partial charge on any atom is 0.144 e. The number of aliphatic hydroxyl groups excluding tert-OH is 1. The smallest absolute Gasteiger partial charge is 0.144 e. The van der Waals surface area contributed by atoms with E-state index in [4.69, 9.17) is 0 Å². The van der Waals surface area contributed by atoms with Crippen LogP contribution in [-0.4, -0.2) is 51.9 Å². The summed E-state index contributed by atoms with van der Waals surface area (Å²) in [7, 11) is -2.18. The largest absolute Gasteiger partial charge is 0.392 e. The second-order valence-corrected chi connectivity index (χ2v) is 11.8. The van der Waals surface area contributed by atoms with Crippen LogP contribution in [0.4, 0.5) is 0 Å². The highest BCUT2D eigenvalue weighted by molar-refractivity contribution is 7.59. The molecule has 5 rings (SSSR count). The number of hydrogen-bond donors (Lipinski definition) is 1. The molecule has 3 atom stereocenters. The van der Waals surface area contributed by atoms with Gasteiger partial charge in [-0.3, -0.25) is 4.67 Å². The van der Waals surface area contributed by atoms with Crippen molar-refractivity contribution in [1.29, 1.82) is 0 Å². The maximum absolute atomic E-state index is 12.3. The van der Waals surface area contributed by atoms with E-state index in [0.29, 0.717) is 0 Å². The third kappa shape index (κ3) is 2.24. The number of aliphatic hydroxyl groups is 1. The van der Waals surface area contributed by atoms with Gasteiger partial charge in [-0.1, -0.05) is 24.3 Å². The minimum absolute atomic E-state index is 0.00855. The van der Waals surface area contributed by atoms with Crippen LogP contribution in [0.1, 0.15) is 30.9 Å². The molecule has 0 amide bonds. The summed E-state index contributed by atoms with van der Waals surface area (Å²) in [6, 6.07) is 8.69. The van der Waals surface area contributed by atoms with Gasteiger partial charge < -0.3 is 14.2 Å². The molecule has 3 heterocycles. The lowest BCUT2D eigenvalue weighted by Gasteiger charge is -2.58. The maximum atomic E-state index is 12.3. The SMILES string of the molecule is CP(C)(=O)N1CCC2(CC1)CC(C1c3ccccc3-c3cncn31)C2O. The van der Waals surface area contributed by atoms with Gasteiger partial charge in [0, 0.05) is 37.9 Å². The van der Waals surface area contributed by atoms with E-state index in [1.165, 1.54) is 11.1 Å². The Morgan fingerprint density at radius 2 is 1.96 bits per heavy atom. The quantitative estimate of drug-likeness (QED) is 0.822. The van der Waals surface area contributed by atoms with E-state index in [2.05, 4.69) is 38.5 Å². The van der Waals surface area contributed by atoms with Gasteiger partial charge in [0.05, 0.1) is 30.4 Å². The van der Waals surface area contributed by atoms with Crippen molar-refractivity contribution >= 4 is 7.29 Å². The summed E-state index contributed by atoms with van der Waals surface area (Å²) in [5.74, 6) is 0.230. The molecule has 0 bridgehead atoms. The molecule has 2 aromatic rings. The first kappa shape index (κ1) is 16.7. The number of aromatic nitrogens is 2. The normalized spacial score (nSPS) is 30.0. The lowest BCUT2D eigenvalue weighted by Crippen LogP contribution is -2.59. The topological polar surface area (TPSA) is 58.4 Å². The van der Waals surface area contributed by atoms with Gasteiger partial charge in [0.25, 0.3) is 0 Å². The molecule has 2 fully saturated rings. The van der Waals surface area contributed by atoms with E-state index in [1.54, 1.807) is 0 Å². The Balaban J connectivity index is 1.39. The Hall–Kier alpha value is -1.42. The zero-order chi connectivity index (χ0) is 18.1. The van der Waals surface area contributed by atoms with Crippen molar-refractivity contribution in [2.45, 2.75) is 31.4 Å². The van der Waals surface area contributed by atoms with Gasteiger partial charge in [-0.25, -0.2) is 4.98 Å². The fourth-order valence-corrected chi connectivity index (χ4v) is 6.67. The molecule has 1 saturated heterocycles. The zero-order valence-electron chi connectivity index (χ0n) is 15.4. The summed E-state index contributed by atoms with van der Waals surface area (Å²) >= 11 is 0. The molecule has 0 radical (unpaired) electrons. The molecule has 2 aliphatic heterocycles. The van der Waals surface area contributed by atoms with Crippen LogP contribution in [0.3, 0.4) is 0 Å². The molecule has 3 aliphatic rings. The van der Waals surface area contributed by atoms with Crippen LogP contribution in [0, 0.1) is 11.3 Å². The number of imidazole rings is 1. The van der Waals surface area contributed by atoms with Gasteiger partial charge in [0.15, 0.2) is 0 Å². The fourth-order valence-electron chi connectivity index (χ4n) is 5.51. The standard InChI is InChI=1S/C20H26N3O2P/c1-26(2,25)22-9-7-20(8-10-22)11-16(19(20)24)18-15-6-4-3-5-14(15)17-12-21-13-23(17)18/h3-6,12-13,16,18-19,24H,7-11H2,1-2H3. The Labute approximate surface area is 154 Å². The van der Waals surface area contributed by atoms with Crippen molar-refractivity contribution in [1.82, 2.24) is 14.2 Å². The van der Waals surface area contributed by atoms with Crippen molar-refractivity contribution in [3.63, 3.8) is 0 Å². The van der Waals surface area contributed by atoms with Gasteiger partial charge in [0.1, 0.15) is 7.29 Å². The Morgan fingerprint density at radius 1 is 1.23 bits per heavy atom. The molecule has 6 heteroatoms. The van der Waals surface area contributed by atoms with E-state index < -0.39 is 7.29 Å². The lowest BCUT2D eigenvalue weighted by atomic mass is 9.53. The van der Waals surface area contributed by atoms with Crippen molar-refractivity contribution in [2.75, 3.05) is 26.4 Å². The summed E-state index contributed by atoms with van der Waals surface area (Å²) in [6.07, 6.45) is 6.46. The minimum atomic E-state index is -2.18. The van der Waals surface area contributed by atoms with Crippen molar-refractivity contribution in [2.24, 2.45) is 11.3 Å². The first-order valence-corrected chi connectivity index (χ1v) is 12.1. The summed E-state index contributed by atoms with van der Waals surface area (Å²) in [5, 5.41) is 11.2. The highest BCUT2D eigenvalue weighted by Gasteiger charge is 2.58. The molecule has 1 spiro atoms. The highest BCUT2D eigenvalue weighted by atomic mass is 31.2. The molecule has 1 N–H and O–H groups in total. The number of nitrogens with zero attached hydrogens (tertiary/aromatic N) is 3. The van der Waals surface area contributed by atoms with Crippen LogP contribution in [0.2, 0.25) is 0 Å². The predicted octanol–water partition coefficient (Wildman–Crippen LogP) is 3.45. The molecule has 26 heavy (non-hydrogen) atoms. The average molecular weight is 371 g/mol. The Bertz CT molecular complexity index is 894. The Kier molecular flexibility index (Phi) is 3.57. The number of rotatable bonds is 2. The van der Waals surface area contributed by atoms with Crippen LogP contribution >= 0.6 is 7.29 Å². The third-order valence-corrected chi connectivity index (χ3v) is 8.78. The predicted molar refractivity (Wildman–Crippen MR) is 103 cm³/mol. The van der Waals surface area contributed by atoms with Crippen LogP contribution < -0.4 is 0 Å². The molecule has 1 aliphatic carbocycles. The molecule has 3 unspecified atom stereocenters. The number of benzene rings is 1. The molecule has 1 saturated carbocycles. The van der Waals surface area contributed by atoms with Gasteiger partial charge >= 0.3 is 0 Å². The van der Waals surface area contributed by atoms with E-state index in [1.807, 2.05) is 25.9 Å². The van der Waals surface area contributed by atoms with E-state index in [-0.39, 0.29) is 23.5 Å². The summed E-state index contributed by atoms with van der Waals surface area (Å²) in [6.45, 7) is 5.37. The summed E-state index contributed by atoms with van der Waals surface area (Å²) in [4.78, 5) is 4.34. The molecular formula is C20H26N3O2P. The fraction of sp³-hybridized carbons (Fsp3) is 0.550. The Morgan fingerprint density at radius 3 is 2.65 bits per heavy atom. The van der Waals surface area contributed by atoms with Crippen LogP contribution in [-0.2, 0) is 4.57 Å². The second-order valence-electron chi connectivity index (χ2n) is 8.64. The van der Waals surface area contributed by atoms with Crippen LogP contribution in [0.25, 0.3) is 11.3 Å². The first-order valence-electron chi connectivity index (χ1n) is 9.50. The van der Waals surface area contributed by atoms with Crippen molar-refractivity contribution in [3.8, 4) is 11.3 Å². The lowest BCUT2D eigenvalue weighted by molar-refractivity contribution is -0.152. The van der Waals surface area contributed by atoms with Gasteiger partial charge in [0.2, 0.25) is 0 Å². The van der Waals surface area contributed by atoms with Gasteiger partial charge in [-0.2, -0.15) is 0 Å². The minimum Gasteiger partial charge on any atom is -0.392 e. The van der Waals surface area contributed by atoms with Crippen molar-refractivity contribution in [3.05, 3.63) is 42.4 Å². The van der Waals surface area contributed by atoms with E-state index in [9.17, 15) is 9.67 Å². The van der Waals surface area contributed by atoms with E-state index in [0.717, 1.165) is 38.0 Å². The first-order chi connectivity index (χ1) is 12.4. The number of fused-ring (bicyclic) bond motifs is 3. The molecule has 138 valence electrons. The number of hydrogen-bond acceptors (Lipinski definition) is 3. The number of piperidine rings is 1. The monoisotopic (exact) mass is 371 g/mol. The average Bonchev–Trinajstić information content (AvgIpc) is 3.20. The summed E-state index contributed by atoms with van der Waals surface area (Å²) < 4.78 is 16.7. The van der Waals surface area contributed by atoms with Gasteiger partial charge in [-0.05, 0) is 30.2 Å². The summed E-state index contributed by atoms with van der Waals surface area (Å²) in [5.41, 5.74) is 3.73. The zero-order valence-corrected chi connectivity index (χ0v) is 16.3. The third-order valence-electron chi connectivity index (χ3n) is 7.02. The highest BCUT2D eigenvalue weighted by Crippen LogP contribution is 2.61. The van der Waals surface area contributed by atoms with Gasteiger partial charge in [-0.15, -0.1) is 0 Å². The van der Waals surface area contributed by atoms with Crippen LogP contribution in [0.15, 0.2) is 36.8 Å². The van der Waals surface area contributed by atoms with Crippen LogP contribution in [0.5, 0.6) is 0 Å².